The van der Waals surface area contributed by atoms with Crippen LogP contribution < -0.4 is 0 Å². The summed E-state index contributed by atoms with van der Waals surface area (Å²) >= 11 is 5.35. The molecule has 1 fully saturated rings. The van der Waals surface area contributed by atoms with Gasteiger partial charge >= 0.3 is 0 Å². The van der Waals surface area contributed by atoms with E-state index in [1.165, 1.54) is 19.3 Å². The van der Waals surface area contributed by atoms with E-state index in [-0.39, 0.29) is 0 Å². The van der Waals surface area contributed by atoms with E-state index in [0.717, 1.165) is 17.9 Å². The molecular weight excluding hydrogens is 244 g/mol. The Morgan fingerprint density at radius 2 is 2.11 bits per heavy atom. The highest BCUT2D eigenvalue weighted by molar-refractivity contribution is 7.71. The van der Waals surface area contributed by atoms with Gasteiger partial charge in [0.15, 0.2) is 10.6 Å². The Balaban J connectivity index is 2.00. The van der Waals surface area contributed by atoms with Crippen LogP contribution in [0.25, 0.3) is 11.4 Å². The van der Waals surface area contributed by atoms with Gasteiger partial charge in [-0.1, -0.05) is 6.92 Å². The molecule has 5 heteroatoms. The van der Waals surface area contributed by atoms with E-state index in [1.807, 2.05) is 12.1 Å². The second-order valence-corrected chi connectivity index (χ2v) is 5.41. The first kappa shape index (κ1) is 11.6. The van der Waals surface area contributed by atoms with Crippen molar-refractivity contribution in [3.63, 3.8) is 0 Å². The number of hydrogen-bond donors (Lipinski definition) is 1. The highest BCUT2D eigenvalue weighted by Crippen LogP contribution is 2.50. The Kier molecular flexibility index (Phi) is 2.78. The first-order chi connectivity index (χ1) is 8.74. The molecule has 0 spiro atoms. The number of nitrogens with zero attached hydrogens (tertiary/aromatic N) is 3. The zero-order valence-electron chi connectivity index (χ0n) is 10.4. The maximum atomic E-state index is 5.35. The third kappa shape index (κ3) is 1.99. The number of rotatable bonds is 4. The normalized spacial score (nSPS) is 16.7. The van der Waals surface area contributed by atoms with Crippen molar-refractivity contribution in [1.29, 1.82) is 0 Å². The lowest BCUT2D eigenvalue weighted by Crippen LogP contribution is -2.12. The fraction of sp³-hybridized carbons (Fsp3) is 0.462. The number of aromatic amines is 1. The Bertz CT molecular complexity index is 595. The van der Waals surface area contributed by atoms with Crippen molar-refractivity contribution in [2.75, 3.05) is 0 Å². The molecule has 18 heavy (non-hydrogen) atoms. The highest BCUT2D eigenvalue weighted by atomic mass is 32.1. The summed E-state index contributed by atoms with van der Waals surface area (Å²) in [7, 11) is 0. The maximum Gasteiger partial charge on any atom is 0.195 e. The van der Waals surface area contributed by atoms with Crippen molar-refractivity contribution in [1.82, 2.24) is 19.7 Å². The predicted octanol–water partition coefficient (Wildman–Crippen LogP) is 3.19. The summed E-state index contributed by atoms with van der Waals surface area (Å²) < 4.78 is 2.84. The molecule has 1 saturated carbocycles. The van der Waals surface area contributed by atoms with Gasteiger partial charge in [0.25, 0.3) is 0 Å². The molecule has 1 aliphatic rings. The number of hydrogen-bond acceptors (Lipinski definition) is 3. The van der Waals surface area contributed by atoms with Crippen LogP contribution >= 0.6 is 12.2 Å². The van der Waals surface area contributed by atoms with Crippen LogP contribution in [-0.4, -0.2) is 19.7 Å². The van der Waals surface area contributed by atoms with E-state index < -0.39 is 0 Å². The highest BCUT2D eigenvalue weighted by Gasteiger charge is 2.41. The van der Waals surface area contributed by atoms with Gasteiger partial charge in [-0.15, -0.1) is 0 Å². The SMILES string of the molecule is CCC1(Cn2c(-c3ccncc3)n[nH]c2=S)CC1. The fourth-order valence-electron chi connectivity index (χ4n) is 2.32. The Labute approximate surface area is 111 Å². The monoisotopic (exact) mass is 260 g/mol. The van der Waals surface area contributed by atoms with Gasteiger partial charge in [-0.3, -0.25) is 14.6 Å². The van der Waals surface area contributed by atoms with Crippen molar-refractivity contribution in [3.05, 3.63) is 29.3 Å². The van der Waals surface area contributed by atoms with Crippen LogP contribution in [0.2, 0.25) is 0 Å². The van der Waals surface area contributed by atoms with Crippen molar-refractivity contribution in [3.8, 4) is 11.4 Å². The minimum Gasteiger partial charge on any atom is -0.300 e. The van der Waals surface area contributed by atoms with E-state index >= 15 is 0 Å². The lowest BCUT2D eigenvalue weighted by Gasteiger charge is -2.14. The molecule has 1 N–H and O–H groups in total. The smallest absolute Gasteiger partial charge is 0.195 e. The molecule has 1 aliphatic carbocycles. The number of nitrogens with one attached hydrogen (secondary N) is 1. The van der Waals surface area contributed by atoms with E-state index in [2.05, 4.69) is 26.7 Å². The molecule has 2 aromatic heterocycles. The van der Waals surface area contributed by atoms with Crippen molar-refractivity contribution in [2.45, 2.75) is 32.7 Å². The predicted molar refractivity (Wildman–Crippen MR) is 72.6 cm³/mol. The summed E-state index contributed by atoms with van der Waals surface area (Å²) in [5.74, 6) is 0.919. The summed E-state index contributed by atoms with van der Waals surface area (Å²) in [5, 5.41) is 7.26. The van der Waals surface area contributed by atoms with Crippen LogP contribution in [0.4, 0.5) is 0 Å². The lowest BCUT2D eigenvalue weighted by molar-refractivity contribution is 0.408. The molecule has 94 valence electrons. The molecule has 2 aromatic rings. The zero-order valence-corrected chi connectivity index (χ0v) is 11.2. The van der Waals surface area contributed by atoms with E-state index in [0.29, 0.717) is 10.2 Å². The van der Waals surface area contributed by atoms with Gasteiger partial charge in [-0.25, -0.2) is 0 Å². The molecular formula is C13H16N4S. The van der Waals surface area contributed by atoms with Gasteiger partial charge in [-0.05, 0) is 49.0 Å². The molecule has 0 aliphatic heterocycles. The molecule has 0 aromatic carbocycles. The number of aromatic nitrogens is 4. The molecule has 0 saturated heterocycles. The van der Waals surface area contributed by atoms with Crippen molar-refractivity contribution < 1.29 is 0 Å². The van der Waals surface area contributed by atoms with Crippen LogP contribution in [-0.2, 0) is 6.54 Å². The van der Waals surface area contributed by atoms with Gasteiger partial charge in [0.1, 0.15) is 0 Å². The Hall–Kier alpha value is -1.49. The standard InChI is InChI=1S/C13H16N4S/c1-2-13(5-6-13)9-17-11(15-16-12(17)18)10-3-7-14-8-4-10/h3-4,7-8H,2,5-6,9H2,1H3,(H,16,18). The topological polar surface area (TPSA) is 46.5 Å². The largest absolute Gasteiger partial charge is 0.300 e. The minimum absolute atomic E-state index is 0.448. The maximum absolute atomic E-state index is 5.35. The summed E-state index contributed by atoms with van der Waals surface area (Å²) in [5.41, 5.74) is 1.51. The summed E-state index contributed by atoms with van der Waals surface area (Å²) in [6, 6.07) is 3.93. The van der Waals surface area contributed by atoms with Crippen LogP contribution in [0.1, 0.15) is 26.2 Å². The number of H-pyrrole nitrogens is 1. The van der Waals surface area contributed by atoms with Crippen LogP contribution in [0.5, 0.6) is 0 Å². The average molecular weight is 260 g/mol. The molecule has 4 nitrogen and oxygen atoms in total. The fourth-order valence-corrected chi connectivity index (χ4v) is 2.52. The van der Waals surface area contributed by atoms with Gasteiger partial charge in [0, 0.05) is 24.5 Å². The minimum atomic E-state index is 0.448. The van der Waals surface area contributed by atoms with Crippen molar-refractivity contribution in [2.24, 2.45) is 5.41 Å². The molecule has 0 amide bonds. The van der Waals surface area contributed by atoms with Gasteiger partial charge in [-0.2, -0.15) is 5.10 Å². The van der Waals surface area contributed by atoms with Gasteiger partial charge in [0.2, 0.25) is 0 Å². The van der Waals surface area contributed by atoms with Crippen LogP contribution in [0.15, 0.2) is 24.5 Å². The van der Waals surface area contributed by atoms with Crippen LogP contribution in [0, 0.1) is 10.2 Å². The molecule has 0 unspecified atom stereocenters. The summed E-state index contributed by atoms with van der Waals surface area (Å²) in [6.07, 6.45) is 7.36. The second kappa shape index (κ2) is 4.31. The van der Waals surface area contributed by atoms with E-state index in [9.17, 15) is 0 Å². The molecule has 2 heterocycles. The van der Waals surface area contributed by atoms with Crippen LogP contribution in [0.3, 0.4) is 0 Å². The quantitative estimate of drug-likeness (QED) is 0.859. The lowest BCUT2D eigenvalue weighted by atomic mass is 10.0. The van der Waals surface area contributed by atoms with Gasteiger partial charge < -0.3 is 0 Å². The van der Waals surface area contributed by atoms with E-state index in [4.69, 9.17) is 12.2 Å². The second-order valence-electron chi connectivity index (χ2n) is 5.03. The third-order valence-electron chi connectivity index (χ3n) is 3.90. The van der Waals surface area contributed by atoms with Crippen molar-refractivity contribution >= 4 is 12.2 Å². The Morgan fingerprint density at radius 1 is 1.39 bits per heavy atom. The molecule has 0 radical (unpaired) electrons. The van der Waals surface area contributed by atoms with Gasteiger partial charge in [0.05, 0.1) is 0 Å². The summed E-state index contributed by atoms with van der Waals surface area (Å²) in [4.78, 5) is 4.04. The molecule has 0 atom stereocenters. The molecule has 3 rings (SSSR count). The first-order valence-corrected chi connectivity index (χ1v) is 6.70. The van der Waals surface area contributed by atoms with E-state index in [1.54, 1.807) is 12.4 Å². The molecule has 0 bridgehead atoms. The average Bonchev–Trinajstić information content (AvgIpc) is 3.10. The third-order valence-corrected chi connectivity index (χ3v) is 4.21. The summed E-state index contributed by atoms with van der Waals surface area (Å²) in [6.45, 7) is 3.22. The first-order valence-electron chi connectivity index (χ1n) is 6.30. The Morgan fingerprint density at radius 3 is 2.72 bits per heavy atom. The zero-order chi connectivity index (χ0) is 12.6. The number of pyridine rings is 1.